The number of fused-ring (bicyclic) bond motifs is 6. The Hall–Kier alpha value is -4.50. The molecule has 0 unspecified atom stereocenters. The van der Waals surface area contributed by atoms with Crippen LogP contribution in [0.15, 0.2) is 109 Å². The average molecular weight is 464 g/mol. The number of anilines is 2. The first-order chi connectivity index (χ1) is 17.6. The standard InChI is InChI=1S/C33H25N3/c1-33(2)28-15-9-8-14-25(28)26-19-17-23(20-29(26)33)34-32-35-30(22-11-4-3-5-12-22)27-18-16-21-10-6-7-13-24(21)31(27)36-32/h3-20H,1-2H3,(H,34,35,36). The van der Waals surface area contributed by atoms with Gasteiger partial charge in [0.1, 0.15) is 0 Å². The Labute approximate surface area is 210 Å². The summed E-state index contributed by atoms with van der Waals surface area (Å²) >= 11 is 0. The summed E-state index contributed by atoms with van der Waals surface area (Å²) < 4.78 is 0. The number of hydrogen-bond donors (Lipinski definition) is 1. The Kier molecular flexibility index (Phi) is 4.49. The van der Waals surface area contributed by atoms with E-state index in [1.54, 1.807) is 0 Å². The molecule has 6 aromatic rings. The van der Waals surface area contributed by atoms with Crippen molar-refractivity contribution in [2.24, 2.45) is 0 Å². The first kappa shape index (κ1) is 20.8. The van der Waals surface area contributed by atoms with Crippen LogP contribution in [-0.4, -0.2) is 9.97 Å². The van der Waals surface area contributed by atoms with Crippen molar-refractivity contribution in [1.29, 1.82) is 0 Å². The summed E-state index contributed by atoms with van der Waals surface area (Å²) in [4.78, 5) is 10.1. The maximum atomic E-state index is 5.03. The van der Waals surface area contributed by atoms with Gasteiger partial charge >= 0.3 is 0 Å². The quantitative estimate of drug-likeness (QED) is 0.267. The van der Waals surface area contributed by atoms with Gasteiger partial charge in [0.05, 0.1) is 11.2 Å². The lowest BCUT2D eigenvalue weighted by molar-refractivity contribution is 0.660. The summed E-state index contributed by atoms with van der Waals surface area (Å²) in [7, 11) is 0. The van der Waals surface area contributed by atoms with Crippen LogP contribution in [0.2, 0.25) is 0 Å². The normalized spacial score (nSPS) is 13.5. The van der Waals surface area contributed by atoms with Gasteiger partial charge in [-0.2, -0.15) is 0 Å². The molecule has 3 heteroatoms. The Bertz CT molecular complexity index is 1780. The zero-order valence-electron chi connectivity index (χ0n) is 20.3. The van der Waals surface area contributed by atoms with Crippen LogP contribution >= 0.6 is 0 Å². The largest absolute Gasteiger partial charge is 0.324 e. The maximum absolute atomic E-state index is 5.03. The molecule has 0 amide bonds. The molecule has 1 aliphatic rings. The molecule has 36 heavy (non-hydrogen) atoms. The topological polar surface area (TPSA) is 37.8 Å². The van der Waals surface area contributed by atoms with Gasteiger partial charge in [-0.1, -0.05) is 105 Å². The van der Waals surface area contributed by atoms with Crippen LogP contribution in [0, 0.1) is 0 Å². The molecular weight excluding hydrogens is 438 g/mol. The fraction of sp³-hybridized carbons (Fsp3) is 0.0909. The van der Waals surface area contributed by atoms with E-state index in [9.17, 15) is 0 Å². The summed E-state index contributed by atoms with van der Waals surface area (Å²) in [5, 5.41) is 6.89. The second-order valence-corrected chi connectivity index (χ2v) is 10.0. The highest BCUT2D eigenvalue weighted by Gasteiger charge is 2.35. The first-order valence-electron chi connectivity index (χ1n) is 12.4. The van der Waals surface area contributed by atoms with Crippen LogP contribution < -0.4 is 5.32 Å². The fourth-order valence-electron chi connectivity index (χ4n) is 5.65. The van der Waals surface area contributed by atoms with E-state index >= 15 is 0 Å². The number of rotatable bonds is 3. The average Bonchev–Trinajstić information content (AvgIpc) is 3.15. The van der Waals surface area contributed by atoms with Crippen molar-refractivity contribution >= 4 is 33.3 Å². The minimum Gasteiger partial charge on any atom is -0.324 e. The molecule has 7 rings (SSSR count). The molecule has 0 atom stereocenters. The second-order valence-electron chi connectivity index (χ2n) is 10.0. The molecule has 1 aliphatic carbocycles. The number of hydrogen-bond acceptors (Lipinski definition) is 3. The van der Waals surface area contributed by atoms with Crippen LogP contribution in [0.1, 0.15) is 25.0 Å². The highest BCUT2D eigenvalue weighted by molar-refractivity contribution is 6.09. The third kappa shape index (κ3) is 3.13. The Morgan fingerprint density at radius 1 is 0.611 bits per heavy atom. The van der Waals surface area contributed by atoms with E-state index in [1.165, 1.54) is 27.6 Å². The molecule has 3 nitrogen and oxygen atoms in total. The van der Waals surface area contributed by atoms with Crippen LogP contribution in [0.4, 0.5) is 11.6 Å². The molecule has 0 saturated heterocycles. The predicted octanol–water partition coefficient (Wildman–Crippen LogP) is 8.50. The fourth-order valence-corrected chi connectivity index (χ4v) is 5.65. The van der Waals surface area contributed by atoms with E-state index in [2.05, 4.69) is 122 Å². The van der Waals surface area contributed by atoms with Crippen molar-refractivity contribution in [3.8, 4) is 22.4 Å². The predicted molar refractivity (Wildman–Crippen MR) is 150 cm³/mol. The molecule has 0 saturated carbocycles. The highest BCUT2D eigenvalue weighted by Crippen LogP contribution is 2.49. The molecule has 0 aliphatic heterocycles. The lowest BCUT2D eigenvalue weighted by Gasteiger charge is -2.22. The lowest BCUT2D eigenvalue weighted by Crippen LogP contribution is -2.15. The highest BCUT2D eigenvalue weighted by atomic mass is 15.1. The van der Waals surface area contributed by atoms with Crippen LogP contribution in [-0.2, 0) is 5.41 Å². The molecule has 1 heterocycles. The van der Waals surface area contributed by atoms with E-state index in [0.29, 0.717) is 5.95 Å². The van der Waals surface area contributed by atoms with Gasteiger partial charge in [0, 0.05) is 27.4 Å². The monoisotopic (exact) mass is 463 g/mol. The van der Waals surface area contributed by atoms with E-state index < -0.39 is 0 Å². The van der Waals surface area contributed by atoms with Crippen molar-refractivity contribution in [2.75, 3.05) is 5.32 Å². The minimum absolute atomic E-state index is 0.0563. The molecule has 0 fully saturated rings. The zero-order chi connectivity index (χ0) is 24.3. The number of benzene rings is 5. The van der Waals surface area contributed by atoms with Crippen molar-refractivity contribution in [2.45, 2.75) is 19.3 Å². The Morgan fingerprint density at radius 3 is 2.25 bits per heavy atom. The molecule has 0 spiro atoms. The maximum Gasteiger partial charge on any atom is 0.228 e. The third-order valence-corrected chi connectivity index (χ3v) is 7.48. The summed E-state index contributed by atoms with van der Waals surface area (Å²) in [6.07, 6.45) is 0. The number of aromatic nitrogens is 2. The van der Waals surface area contributed by atoms with Gasteiger partial charge in [0.25, 0.3) is 0 Å². The van der Waals surface area contributed by atoms with E-state index in [1.807, 2.05) is 6.07 Å². The van der Waals surface area contributed by atoms with Crippen LogP contribution in [0.5, 0.6) is 0 Å². The van der Waals surface area contributed by atoms with Gasteiger partial charge in [0.2, 0.25) is 5.95 Å². The van der Waals surface area contributed by atoms with Gasteiger partial charge < -0.3 is 5.32 Å². The Morgan fingerprint density at radius 2 is 1.36 bits per heavy atom. The zero-order valence-corrected chi connectivity index (χ0v) is 20.3. The van der Waals surface area contributed by atoms with Crippen LogP contribution in [0.3, 0.4) is 0 Å². The van der Waals surface area contributed by atoms with Crippen molar-refractivity contribution in [3.05, 3.63) is 120 Å². The van der Waals surface area contributed by atoms with Gasteiger partial charge in [-0.25, -0.2) is 9.97 Å². The molecular formula is C33H25N3. The molecule has 1 aromatic heterocycles. The minimum atomic E-state index is -0.0563. The molecule has 5 aromatic carbocycles. The van der Waals surface area contributed by atoms with Gasteiger partial charge in [-0.05, 0) is 45.8 Å². The summed E-state index contributed by atoms with van der Waals surface area (Å²) in [5.41, 5.74) is 9.22. The summed E-state index contributed by atoms with van der Waals surface area (Å²) in [6, 6.07) is 38.4. The van der Waals surface area contributed by atoms with Crippen LogP contribution in [0.25, 0.3) is 44.1 Å². The molecule has 0 bridgehead atoms. The Balaban J connectivity index is 1.39. The van der Waals surface area contributed by atoms with Crippen molar-refractivity contribution in [3.63, 3.8) is 0 Å². The van der Waals surface area contributed by atoms with Gasteiger partial charge in [-0.3, -0.25) is 0 Å². The van der Waals surface area contributed by atoms with Crippen molar-refractivity contribution < 1.29 is 0 Å². The first-order valence-corrected chi connectivity index (χ1v) is 12.4. The summed E-state index contributed by atoms with van der Waals surface area (Å²) in [6.45, 7) is 4.60. The van der Waals surface area contributed by atoms with Gasteiger partial charge in [-0.15, -0.1) is 0 Å². The SMILES string of the molecule is CC1(C)c2ccccc2-c2ccc(Nc3nc(-c4ccccc4)c4ccc5ccccc5c4n3)cc21. The number of nitrogens with one attached hydrogen (secondary N) is 1. The van der Waals surface area contributed by atoms with E-state index in [4.69, 9.17) is 9.97 Å². The summed E-state index contributed by atoms with van der Waals surface area (Å²) in [5.74, 6) is 0.603. The molecule has 172 valence electrons. The van der Waals surface area contributed by atoms with Gasteiger partial charge in [0.15, 0.2) is 0 Å². The smallest absolute Gasteiger partial charge is 0.228 e. The molecule has 0 radical (unpaired) electrons. The van der Waals surface area contributed by atoms with Crippen molar-refractivity contribution in [1.82, 2.24) is 9.97 Å². The second kappa shape index (κ2) is 7.76. The third-order valence-electron chi connectivity index (χ3n) is 7.48. The molecule has 1 N–H and O–H groups in total. The van der Waals surface area contributed by atoms with E-state index in [0.717, 1.165) is 33.2 Å². The number of nitrogens with zero attached hydrogens (tertiary/aromatic N) is 2. The van der Waals surface area contributed by atoms with E-state index in [-0.39, 0.29) is 5.41 Å². The lowest BCUT2D eigenvalue weighted by atomic mass is 9.82.